The molecular weight excluding hydrogens is 295 g/mol. The number of anilines is 1. The number of nitrogens with zero attached hydrogens (tertiary/aromatic N) is 3. The molecule has 1 N–H and O–H groups in total. The number of benzene rings is 1. The zero-order valence-corrected chi connectivity index (χ0v) is 12.8. The highest BCUT2D eigenvalue weighted by molar-refractivity contribution is 6.31. The van der Waals surface area contributed by atoms with Crippen molar-refractivity contribution in [1.82, 2.24) is 15.0 Å². The fraction of sp³-hybridized carbons (Fsp3) is 0.357. The lowest BCUT2D eigenvalue weighted by Crippen LogP contribution is -2.12. The largest absolute Gasteiger partial charge is 0.461 e. The second-order valence-electron chi connectivity index (χ2n) is 4.59. The Morgan fingerprint density at radius 3 is 2.67 bits per heavy atom. The van der Waals surface area contributed by atoms with Gasteiger partial charge in [0.05, 0.1) is 11.1 Å². The van der Waals surface area contributed by atoms with Crippen molar-refractivity contribution in [2.75, 3.05) is 11.9 Å². The molecule has 0 saturated carbocycles. The Bertz CT molecular complexity index is 636. The number of rotatable bonds is 5. The van der Waals surface area contributed by atoms with Gasteiger partial charge in [-0.2, -0.15) is 15.0 Å². The molecule has 0 fully saturated rings. The SMILES string of the molecule is CCNc1nc(OC(C)C)nc(-c2ccc(F)c(Cl)c2)n1. The predicted molar refractivity (Wildman–Crippen MR) is 80.2 cm³/mol. The maximum Gasteiger partial charge on any atom is 0.322 e. The molecule has 5 nitrogen and oxygen atoms in total. The summed E-state index contributed by atoms with van der Waals surface area (Å²) in [6.07, 6.45) is -0.0634. The summed E-state index contributed by atoms with van der Waals surface area (Å²) in [6, 6.07) is 4.52. The van der Waals surface area contributed by atoms with Gasteiger partial charge in [0.15, 0.2) is 5.82 Å². The first-order valence-corrected chi connectivity index (χ1v) is 6.99. The van der Waals surface area contributed by atoms with Crippen LogP contribution in [-0.2, 0) is 0 Å². The van der Waals surface area contributed by atoms with Gasteiger partial charge in [0.1, 0.15) is 5.82 Å². The molecule has 7 heteroatoms. The first-order valence-electron chi connectivity index (χ1n) is 6.61. The Morgan fingerprint density at radius 1 is 1.29 bits per heavy atom. The van der Waals surface area contributed by atoms with Gasteiger partial charge in [0, 0.05) is 12.1 Å². The van der Waals surface area contributed by atoms with Crippen molar-refractivity contribution in [3.8, 4) is 17.4 Å². The van der Waals surface area contributed by atoms with Gasteiger partial charge >= 0.3 is 6.01 Å². The van der Waals surface area contributed by atoms with E-state index in [9.17, 15) is 4.39 Å². The summed E-state index contributed by atoms with van der Waals surface area (Å²) < 4.78 is 18.8. The van der Waals surface area contributed by atoms with E-state index in [-0.39, 0.29) is 17.1 Å². The van der Waals surface area contributed by atoms with Crippen molar-refractivity contribution in [1.29, 1.82) is 0 Å². The number of ether oxygens (including phenoxy) is 1. The van der Waals surface area contributed by atoms with E-state index in [1.807, 2.05) is 20.8 Å². The summed E-state index contributed by atoms with van der Waals surface area (Å²) in [5.41, 5.74) is 0.594. The Balaban J connectivity index is 2.45. The topological polar surface area (TPSA) is 59.9 Å². The van der Waals surface area contributed by atoms with Gasteiger partial charge in [-0.25, -0.2) is 4.39 Å². The summed E-state index contributed by atoms with van der Waals surface area (Å²) in [7, 11) is 0. The second-order valence-corrected chi connectivity index (χ2v) is 5.00. The molecule has 0 amide bonds. The predicted octanol–water partition coefficient (Wildman–Crippen LogP) is 3.55. The zero-order chi connectivity index (χ0) is 15.4. The average Bonchev–Trinajstić information content (AvgIpc) is 2.41. The summed E-state index contributed by atoms with van der Waals surface area (Å²) >= 11 is 5.80. The number of hydrogen-bond donors (Lipinski definition) is 1. The molecule has 1 aromatic carbocycles. The highest BCUT2D eigenvalue weighted by Gasteiger charge is 2.12. The average molecular weight is 311 g/mol. The molecule has 112 valence electrons. The third-order valence-electron chi connectivity index (χ3n) is 2.47. The molecule has 0 unspecified atom stereocenters. The van der Waals surface area contributed by atoms with Crippen molar-refractivity contribution in [2.24, 2.45) is 0 Å². The Kier molecular flexibility index (Phi) is 4.90. The molecule has 1 heterocycles. The van der Waals surface area contributed by atoms with E-state index in [1.54, 1.807) is 6.07 Å². The number of nitrogens with one attached hydrogen (secondary N) is 1. The van der Waals surface area contributed by atoms with Gasteiger partial charge in [-0.3, -0.25) is 0 Å². The minimum Gasteiger partial charge on any atom is -0.461 e. The monoisotopic (exact) mass is 310 g/mol. The highest BCUT2D eigenvalue weighted by atomic mass is 35.5. The first kappa shape index (κ1) is 15.4. The first-order chi connectivity index (χ1) is 9.99. The van der Waals surface area contributed by atoms with Crippen LogP contribution in [-0.4, -0.2) is 27.6 Å². The number of halogens is 2. The molecule has 0 aliphatic heterocycles. The molecule has 0 radical (unpaired) electrons. The molecule has 0 saturated heterocycles. The maximum absolute atomic E-state index is 13.2. The van der Waals surface area contributed by atoms with E-state index in [0.29, 0.717) is 23.9 Å². The van der Waals surface area contributed by atoms with Gasteiger partial charge in [-0.05, 0) is 39.0 Å². The molecule has 2 aromatic rings. The van der Waals surface area contributed by atoms with Crippen LogP contribution in [0.2, 0.25) is 5.02 Å². The lowest BCUT2D eigenvalue weighted by molar-refractivity contribution is 0.222. The van der Waals surface area contributed by atoms with E-state index in [4.69, 9.17) is 16.3 Å². The Morgan fingerprint density at radius 2 is 2.05 bits per heavy atom. The van der Waals surface area contributed by atoms with Gasteiger partial charge in [0.2, 0.25) is 5.95 Å². The van der Waals surface area contributed by atoms with Crippen LogP contribution in [0, 0.1) is 5.82 Å². The van der Waals surface area contributed by atoms with Crippen LogP contribution in [0.1, 0.15) is 20.8 Å². The molecule has 0 spiro atoms. The van der Waals surface area contributed by atoms with Crippen LogP contribution >= 0.6 is 11.6 Å². The molecule has 0 aliphatic carbocycles. The third kappa shape index (κ3) is 4.01. The van der Waals surface area contributed by atoms with E-state index in [0.717, 1.165) is 0 Å². The molecule has 21 heavy (non-hydrogen) atoms. The van der Waals surface area contributed by atoms with E-state index < -0.39 is 5.82 Å². The van der Waals surface area contributed by atoms with Crippen LogP contribution in [0.3, 0.4) is 0 Å². The van der Waals surface area contributed by atoms with Crippen molar-refractivity contribution in [3.05, 3.63) is 29.0 Å². The summed E-state index contributed by atoms with van der Waals surface area (Å²) in [6.45, 7) is 6.35. The van der Waals surface area contributed by atoms with Crippen molar-refractivity contribution < 1.29 is 9.13 Å². The third-order valence-corrected chi connectivity index (χ3v) is 2.76. The lowest BCUT2D eigenvalue weighted by Gasteiger charge is -2.11. The molecule has 0 bridgehead atoms. The number of hydrogen-bond acceptors (Lipinski definition) is 5. The molecule has 0 aliphatic rings. The highest BCUT2D eigenvalue weighted by Crippen LogP contribution is 2.24. The maximum atomic E-state index is 13.2. The fourth-order valence-corrected chi connectivity index (χ4v) is 1.80. The standard InChI is InChI=1S/C14H16ClFN4O/c1-4-17-13-18-12(19-14(20-13)21-8(2)3)9-5-6-11(16)10(15)7-9/h5-8H,4H2,1-3H3,(H,17,18,19,20). The Hall–Kier alpha value is -1.95. The van der Waals surface area contributed by atoms with Gasteiger partial charge in [-0.1, -0.05) is 11.6 Å². The van der Waals surface area contributed by atoms with E-state index in [1.165, 1.54) is 12.1 Å². The van der Waals surface area contributed by atoms with Crippen LogP contribution in [0.5, 0.6) is 6.01 Å². The minimum absolute atomic E-state index is 0.0178. The summed E-state index contributed by atoms with van der Waals surface area (Å²) in [5.74, 6) is 0.289. The molecule has 0 atom stereocenters. The Labute approximate surface area is 127 Å². The normalized spacial score (nSPS) is 10.8. The minimum atomic E-state index is -0.486. The number of aromatic nitrogens is 3. The van der Waals surface area contributed by atoms with E-state index in [2.05, 4.69) is 20.3 Å². The molecular formula is C14H16ClFN4O. The van der Waals surface area contributed by atoms with Crippen LogP contribution < -0.4 is 10.1 Å². The quantitative estimate of drug-likeness (QED) is 0.915. The fourth-order valence-electron chi connectivity index (χ4n) is 1.62. The van der Waals surface area contributed by atoms with Gasteiger partial charge < -0.3 is 10.1 Å². The van der Waals surface area contributed by atoms with Crippen LogP contribution in [0.4, 0.5) is 10.3 Å². The second kappa shape index (κ2) is 6.67. The van der Waals surface area contributed by atoms with Crippen LogP contribution in [0.25, 0.3) is 11.4 Å². The van der Waals surface area contributed by atoms with Crippen LogP contribution in [0.15, 0.2) is 18.2 Å². The lowest BCUT2D eigenvalue weighted by atomic mass is 10.2. The van der Waals surface area contributed by atoms with Gasteiger partial charge in [0.25, 0.3) is 0 Å². The zero-order valence-electron chi connectivity index (χ0n) is 12.0. The van der Waals surface area contributed by atoms with Crippen molar-refractivity contribution in [3.63, 3.8) is 0 Å². The van der Waals surface area contributed by atoms with E-state index >= 15 is 0 Å². The molecule has 2 rings (SSSR count). The summed E-state index contributed by atoms with van der Waals surface area (Å²) in [5, 5.41) is 3.03. The molecule has 1 aromatic heterocycles. The summed E-state index contributed by atoms with van der Waals surface area (Å²) in [4.78, 5) is 12.7. The smallest absolute Gasteiger partial charge is 0.322 e. The van der Waals surface area contributed by atoms with Gasteiger partial charge in [-0.15, -0.1) is 0 Å². The van der Waals surface area contributed by atoms with Crippen molar-refractivity contribution in [2.45, 2.75) is 26.9 Å². The van der Waals surface area contributed by atoms with Crippen molar-refractivity contribution >= 4 is 17.5 Å².